The largest absolute Gasteiger partial charge is 0.371 e. The predicted molar refractivity (Wildman–Crippen MR) is 127 cm³/mol. The Hall–Kier alpha value is -2.54. The van der Waals surface area contributed by atoms with Crippen molar-refractivity contribution in [2.24, 2.45) is 5.92 Å². The number of carbonyl (C=O) groups is 1. The second-order valence-corrected chi connectivity index (χ2v) is 10.6. The van der Waals surface area contributed by atoms with Crippen molar-refractivity contribution < 1.29 is 13.2 Å². The Morgan fingerprint density at radius 2 is 1.94 bits per heavy atom. The Morgan fingerprint density at radius 1 is 1.23 bits per heavy atom. The van der Waals surface area contributed by atoms with Crippen molar-refractivity contribution in [2.45, 2.75) is 39.7 Å². The molecule has 1 fully saturated rings. The molecule has 1 aliphatic heterocycles. The molecule has 0 aliphatic carbocycles. The van der Waals surface area contributed by atoms with E-state index in [1.54, 1.807) is 18.2 Å². The molecule has 0 bridgehead atoms. The normalized spacial score (nSPS) is 17.8. The minimum absolute atomic E-state index is 0.222. The number of sulfonamides is 1. The molecule has 2 aromatic carbocycles. The molecule has 0 aromatic heterocycles. The molecule has 0 spiro atoms. The predicted octanol–water partition coefficient (Wildman–Crippen LogP) is 3.87. The summed E-state index contributed by atoms with van der Waals surface area (Å²) in [6, 6.07) is 15.2. The zero-order chi connectivity index (χ0) is 22.6. The maximum Gasteiger partial charge on any atom is 0.241 e. The van der Waals surface area contributed by atoms with Gasteiger partial charge in [-0.2, -0.15) is 0 Å². The van der Waals surface area contributed by atoms with E-state index in [4.69, 9.17) is 0 Å². The van der Waals surface area contributed by atoms with Crippen LogP contribution >= 0.6 is 0 Å². The Balaban J connectivity index is 1.65. The van der Waals surface area contributed by atoms with Crippen LogP contribution < -0.4 is 14.5 Å². The van der Waals surface area contributed by atoms with Crippen LogP contribution in [0.25, 0.3) is 0 Å². The summed E-state index contributed by atoms with van der Waals surface area (Å²) in [5, 5.41) is 2.93. The third-order valence-corrected chi connectivity index (χ3v) is 6.91. The lowest BCUT2D eigenvalue weighted by atomic mass is 9.99. The third-order valence-electron chi connectivity index (χ3n) is 5.77. The van der Waals surface area contributed by atoms with Crippen LogP contribution in [0.3, 0.4) is 0 Å². The van der Waals surface area contributed by atoms with Gasteiger partial charge in [0.25, 0.3) is 0 Å². The van der Waals surface area contributed by atoms with Crippen molar-refractivity contribution in [1.82, 2.24) is 5.32 Å². The number of aryl methyl sites for hydroxylation is 1. The molecule has 31 heavy (non-hydrogen) atoms. The molecule has 1 aliphatic rings. The van der Waals surface area contributed by atoms with Gasteiger partial charge in [-0.05, 0) is 68.0 Å². The van der Waals surface area contributed by atoms with Crippen LogP contribution in [0.2, 0.25) is 0 Å². The quantitative estimate of drug-likeness (QED) is 0.705. The van der Waals surface area contributed by atoms with Crippen LogP contribution in [-0.2, 0) is 14.8 Å². The Bertz CT molecular complexity index is 1000. The lowest BCUT2D eigenvalue weighted by Gasteiger charge is -2.33. The standard InChI is InChI=1S/C24H33N3O3S/c1-18-7-5-9-23(15-18)27(31(4,29)30)17-24(28)25-20(3)21-10-12-22(13-11-21)26-14-6-8-19(2)16-26/h5,7,9-13,15,19-20H,6,8,14,16-17H2,1-4H3,(H,25,28). The summed E-state index contributed by atoms with van der Waals surface area (Å²) >= 11 is 0. The first kappa shape index (κ1) is 23.1. The van der Waals surface area contributed by atoms with Gasteiger partial charge in [0, 0.05) is 18.8 Å². The molecule has 6 nitrogen and oxygen atoms in total. The number of amides is 1. The molecule has 1 N–H and O–H groups in total. The van der Waals surface area contributed by atoms with E-state index in [-0.39, 0.29) is 18.5 Å². The fourth-order valence-corrected chi connectivity index (χ4v) is 4.93. The van der Waals surface area contributed by atoms with Crippen molar-refractivity contribution in [3.05, 3.63) is 59.7 Å². The number of nitrogens with one attached hydrogen (secondary N) is 1. The molecular weight excluding hydrogens is 410 g/mol. The fraction of sp³-hybridized carbons (Fsp3) is 0.458. The average molecular weight is 444 g/mol. The van der Waals surface area contributed by atoms with Crippen molar-refractivity contribution in [1.29, 1.82) is 0 Å². The molecule has 2 aromatic rings. The smallest absolute Gasteiger partial charge is 0.241 e. The van der Waals surface area contributed by atoms with Gasteiger partial charge in [-0.25, -0.2) is 8.42 Å². The summed E-state index contributed by atoms with van der Waals surface area (Å²) in [5.74, 6) is 0.367. The summed E-state index contributed by atoms with van der Waals surface area (Å²) in [6.07, 6.45) is 3.62. The second-order valence-electron chi connectivity index (χ2n) is 8.68. The summed E-state index contributed by atoms with van der Waals surface area (Å²) in [7, 11) is -3.59. The highest BCUT2D eigenvalue weighted by Gasteiger charge is 2.22. The number of hydrogen-bond donors (Lipinski definition) is 1. The van der Waals surface area contributed by atoms with Gasteiger partial charge in [0.1, 0.15) is 6.54 Å². The minimum Gasteiger partial charge on any atom is -0.371 e. The lowest BCUT2D eigenvalue weighted by molar-refractivity contribution is -0.120. The highest BCUT2D eigenvalue weighted by Crippen LogP contribution is 2.25. The van der Waals surface area contributed by atoms with E-state index in [2.05, 4.69) is 29.3 Å². The number of rotatable bonds is 7. The van der Waals surface area contributed by atoms with E-state index < -0.39 is 10.0 Å². The first-order valence-corrected chi connectivity index (χ1v) is 12.7. The lowest BCUT2D eigenvalue weighted by Crippen LogP contribution is -2.41. The van der Waals surface area contributed by atoms with E-state index in [0.29, 0.717) is 11.6 Å². The molecule has 168 valence electrons. The van der Waals surface area contributed by atoms with E-state index in [0.717, 1.165) is 34.8 Å². The average Bonchev–Trinajstić information content (AvgIpc) is 2.71. The number of piperidine rings is 1. The topological polar surface area (TPSA) is 69.7 Å². The first-order valence-electron chi connectivity index (χ1n) is 10.8. The van der Waals surface area contributed by atoms with Crippen LogP contribution in [0.4, 0.5) is 11.4 Å². The van der Waals surface area contributed by atoms with E-state index in [1.807, 2.05) is 32.0 Å². The van der Waals surface area contributed by atoms with Gasteiger partial charge in [0.05, 0.1) is 18.0 Å². The molecule has 1 heterocycles. The fourth-order valence-electron chi connectivity index (χ4n) is 4.08. The van der Waals surface area contributed by atoms with Crippen molar-refractivity contribution in [3.8, 4) is 0 Å². The van der Waals surface area contributed by atoms with Crippen molar-refractivity contribution in [3.63, 3.8) is 0 Å². The van der Waals surface area contributed by atoms with E-state index in [9.17, 15) is 13.2 Å². The SMILES string of the molecule is Cc1cccc(N(CC(=O)NC(C)c2ccc(N3CCCC(C)C3)cc2)S(C)(=O)=O)c1. The Morgan fingerprint density at radius 3 is 2.55 bits per heavy atom. The molecule has 2 atom stereocenters. The molecule has 0 saturated carbocycles. The van der Waals surface area contributed by atoms with Crippen LogP contribution in [0.1, 0.15) is 43.9 Å². The summed E-state index contributed by atoms with van der Waals surface area (Å²) < 4.78 is 25.7. The van der Waals surface area contributed by atoms with Gasteiger partial charge in [0.2, 0.25) is 15.9 Å². The number of benzene rings is 2. The zero-order valence-electron chi connectivity index (χ0n) is 18.8. The van der Waals surface area contributed by atoms with Gasteiger partial charge in [-0.15, -0.1) is 0 Å². The molecule has 1 amide bonds. The number of carbonyl (C=O) groups excluding carboxylic acids is 1. The van der Waals surface area contributed by atoms with Crippen LogP contribution in [0, 0.1) is 12.8 Å². The van der Waals surface area contributed by atoms with Crippen LogP contribution in [-0.4, -0.2) is 40.2 Å². The summed E-state index contributed by atoms with van der Waals surface area (Å²) in [4.78, 5) is 15.1. The van der Waals surface area contributed by atoms with Crippen LogP contribution in [0.15, 0.2) is 48.5 Å². The van der Waals surface area contributed by atoms with E-state index in [1.165, 1.54) is 18.5 Å². The number of hydrogen-bond acceptors (Lipinski definition) is 4. The van der Waals surface area contributed by atoms with Crippen LogP contribution in [0.5, 0.6) is 0 Å². The van der Waals surface area contributed by atoms with E-state index >= 15 is 0 Å². The highest BCUT2D eigenvalue weighted by molar-refractivity contribution is 7.92. The number of anilines is 2. The van der Waals surface area contributed by atoms with Gasteiger partial charge < -0.3 is 10.2 Å². The maximum absolute atomic E-state index is 12.7. The van der Waals surface area contributed by atoms with Crippen molar-refractivity contribution in [2.75, 3.05) is 35.1 Å². The molecule has 7 heteroatoms. The minimum atomic E-state index is -3.59. The van der Waals surface area contributed by atoms with Gasteiger partial charge in [0.15, 0.2) is 0 Å². The summed E-state index contributed by atoms with van der Waals surface area (Å²) in [5.41, 5.74) is 3.62. The maximum atomic E-state index is 12.7. The molecule has 2 unspecified atom stereocenters. The first-order chi connectivity index (χ1) is 14.6. The van der Waals surface area contributed by atoms with Gasteiger partial charge in [-0.1, -0.05) is 31.2 Å². The van der Waals surface area contributed by atoms with Gasteiger partial charge >= 0.3 is 0 Å². The molecule has 0 radical (unpaired) electrons. The highest BCUT2D eigenvalue weighted by atomic mass is 32.2. The second kappa shape index (κ2) is 9.73. The Kier molecular flexibility index (Phi) is 7.26. The Labute approximate surface area is 186 Å². The molecule has 3 rings (SSSR count). The molecule has 1 saturated heterocycles. The zero-order valence-corrected chi connectivity index (χ0v) is 19.7. The molecular formula is C24H33N3O3S. The third kappa shape index (κ3) is 6.23. The van der Waals surface area contributed by atoms with Gasteiger partial charge in [-0.3, -0.25) is 9.10 Å². The van der Waals surface area contributed by atoms with Crippen molar-refractivity contribution >= 4 is 27.3 Å². The monoisotopic (exact) mass is 443 g/mol. The summed E-state index contributed by atoms with van der Waals surface area (Å²) in [6.45, 7) is 7.99. The number of nitrogens with zero attached hydrogens (tertiary/aromatic N) is 2.